The molecule has 2 aromatic rings. The van der Waals surface area contributed by atoms with Gasteiger partial charge in [0.2, 0.25) is 0 Å². The normalized spacial score (nSPS) is 12.8. The summed E-state index contributed by atoms with van der Waals surface area (Å²) in [4.78, 5) is 12.5. The van der Waals surface area contributed by atoms with Gasteiger partial charge in [-0.05, 0) is 77.3 Å². The zero-order valence-electron chi connectivity index (χ0n) is 13.7. The van der Waals surface area contributed by atoms with Crippen LogP contribution in [0.5, 0.6) is 5.75 Å². The number of carbonyl (C=O) groups is 1. The van der Waals surface area contributed by atoms with Gasteiger partial charge in [-0.15, -0.1) is 12.4 Å². The molecule has 2 N–H and O–H groups in total. The Kier molecular flexibility index (Phi) is 7.31. The second kappa shape index (κ2) is 9.03. The van der Waals surface area contributed by atoms with Gasteiger partial charge in [-0.1, -0.05) is 15.9 Å². The third-order valence-electron chi connectivity index (χ3n) is 3.91. The van der Waals surface area contributed by atoms with Crippen molar-refractivity contribution >= 4 is 55.9 Å². The quantitative estimate of drug-likeness (QED) is 0.639. The van der Waals surface area contributed by atoms with Crippen LogP contribution in [0.3, 0.4) is 0 Å². The molecule has 0 unspecified atom stereocenters. The smallest absolute Gasteiger partial charge is 0.255 e. The summed E-state index contributed by atoms with van der Waals surface area (Å²) >= 11 is 7.06. The molecule has 1 aliphatic rings. The first-order valence-corrected chi connectivity index (χ1v) is 9.42. The van der Waals surface area contributed by atoms with Crippen LogP contribution in [0, 0.1) is 0 Å². The molecule has 0 spiro atoms. The third-order valence-corrected chi connectivity index (χ3v) is 5.23. The first-order valence-electron chi connectivity index (χ1n) is 7.84. The molecule has 0 aliphatic carbocycles. The van der Waals surface area contributed by atoms with Crippen LogP contribution in [0.1, 0.15) is 28.4 Å². The first kappa shape index (κ1) is 20.2. The molecular formula is C18H19Br2ClN2O2. The molecule has 0 aromatic heterocycles. The van der Waals surface area contributed by atoms with Crippen LogP contribution in [-0.2, 0) is 13.0 Å². The average molecular weight is 491 g/mol. The summed E-state index contributed by atoms with van der Waals surface area (Å²) in [5.74, 6) is 0.589. The van der Waals surface area contributed by atoms with E-state index in [0.29, 0.717) is 12.2 Å². The molecule has 0 bridgehead atoms. The Balaban J connectivity index is 0.00000225. The highest BCUT2D eigenvalue weighted by Gasteiger charge is 2.15. The summed E-state index contributed by atoms with van der Waals surface area (Å²) in [5.41, 5.74) is 3.91. The van der Waals surface area contributed by atoms with E-state index in [1.54, 1.807) is 18.2 Å². The van der Waals surface area contributed by atoms with Gasteiger partial charge in [0.15, 0.2) is 0 Å². The summed E-state index contributed by atoms with van der Waals surface area (Å²) in [6, 6.07) is 9.34. The number of fused-ring (bicyclic) bond motifs is 1. The van der Waals surface area contributed by atoms with E-state index in [-0.39, 0.29) is 18.3 Å². The number of benzene rings is 2. The highest BCUT2D eigenvalue weighted by atomic mass is 79.9. The van der Waals surface area contributed by atoms with Crippen molar-refractivity contribution in [1.82, 2.24) is 5.32 Å². The number of nitrogens with one attached hydrogen (secondary N) is 2. The molecule has 134 valence electrons. The molecule has 0 radical (unpaired) electrons. The lowest BCUT2D eigenvalue weighted by molar-refractivity contribution is 0.102. The van der Waals surface area contributed by atoms with E-state index in [1.807, 2.05) is 19.1 Å². The number of hydrogen-bond donors (Lipinski definition) is 2. The number of amides is 1. The predicted octanol–water partition coefficient (Wildman–Crippen LogP) is 4.93. The van der Waals surface area contributed by atoms with Gasteiger partial charge in [-0.3, -0.25) is 4.79 Å². The lowest BCUT2D eigenvalue weighted by Gasteiger charge is -2.20. The Labute approximate surface area is 170 Å². The second-order valence-corrected chi connectivity index (χ2v) is 7.26. The van der Waals surface area contributed by atoms with Gasteiger partial charge in [0, 0.05) is 22.3 Å². The number of ether oxygens (including phenoxy) is 1. The van der Waals surface area contributed by atoms with Crippen molar-refractivity contribution in [2.75, 3.05) is 18.5 Å². The third kappa shape index (κ3) is 4.76. The van der Waals surface area contributed by atoms with Crippen molar-refractivity contribution in [2.45, 2.75) is 19.9 Å². The van der Waals surface area contributed by atoms with Crippen molar-refractivity contribution in [3.05, 3.63) is 56.0 Å². The van der Waals surface area contributed by atoms with E-state index < -0.39 is 0 Å². The van der Waals surface area contributed by atoms with Crippen LogP contribution in [0.25, 0.3) is 0 Å². The van der Waals surface area contributed by atoms with E-state index in [1.165, 1.54) is 11.1 Å². The highest BCUT2D eigenvalue weighted by molar-refractivity contribution is 9.10. The summed E-state index contributed by atoms with van der Waals surface area (Å²) < 4.78 is 7.29. The van der Waals surface area contributed by atoms with Crippen molar-refractivity contribution in [2.24, 2.45) is 0 Å². The van der Waals surface area contributed by atoms with E-state index in [9.17, 15) is 4.79 Å². The Hall–Kier alpha value is -1.08. The minimum absolute atomic E-state index is 0. The van der Waals surface area contributed by atoms with Gasteiger partial charge < -0.3 is 15.4 Å². The number of halogens is 3. The summed E-state index contributed by atoms with van der Waals surface area (Å²) in [6.45, 7) is 4.32. The van der Waals surface area contributed by atoms with Crippen LogP contribution < -0.4 is 15.4 Å². The molecule has 2 aromatic carbocycles. The van der Waals surface area contributed by atoms with Gasteiger partial charge in [-0.2, -0.15) is 0 Å². The Morgan fingerprint density at radius 1 is 1.24 bits per heavy atom. The highest BCUT2D eigenvalue weighted by Crippen LogP contribution is 2.29. The fourth-order valence-electron chi connectivity index (χ4n) is 2.76. The Morgan fingerprint density at radius 3 is 2.76 bits per heavy atom. The molecule has 3 rings (SSSR count). The molecular weight excluding hydrogens is 471 g/mol. The van der Waals surface area contributed by atoms with Crippen LogP contribution in [0.15, 0.2) is 39.3 Å². The SMILES string of the molecule is CCOc1ccc(C(=O)Nc2cc(Br)c3c(c2)CNCC3)cc1Br.Cl. The van der Waals surface area contributed by atoms with Crippen LogP contribution >= 0.6 is 44.3 Å². The van der Waals surface area contributed by atoms with Crippen molar-refractivity contribution in [3.8, 4) is 5.75 Å². The van der Waals surface area contributed by atoms with Crippen LogP contribution in [0.2, 0.25) is 0 Å². The molecule has 1 aliphatic heterocycles. The molecule has 0 saturated carbocycles. The van der Waals surface area contributed by atoms with Crippen molar-refractivity contribution in [1.29, 1.82) is 0 Å². The predicted molar refractivity (Wildman–Crippen MR) is 110 cm³/mol. The largest absolute Gasteiger partial charge is 0.493 e. The Morgan fingerprint density at radius 2 is 2.04 bits per heavy atom. The zero-order chi connectivity index (χ0) is 17.1. The lowest BCUT2D eigenvalue weighted by atomic mass is 10.0. The Bertz CT molecular complexity index is 784. The van der Waals surface area contributed by atoms with Crippen LogP contribution in [-0.4, -0.2) is 19.1 Å². The summed E-state index contributed by atoms with van der Waals surface area (Å²) in [6.07, 6.45) is 0.996. The minimum atomic E-state index is -0.144. The summed E-state index contributed by atoms with van der Waals surface area (Å²) in [5, 5.41) is 6.32. The first-order chi connectivity index (χ1) is 11.6. The second-order valence-electron chi connectivity index (χ2n) is 5.55. The number of anilines is 1. The topological polar surface area (TPSA) is 50.4 Å². The number of hydrogen-bond acceptors (Lipinski definition) is 3. The van der Waals surface area contributed by atoms with Gasteiger partial charge in [0.25, 0.3) is 5.91 Å². The van der Waals surface area contributed by atoms with Gasteiger partial charge >= 0.3 is 0 Å². The van der Waals surface area contributed by atoms with Gasteiger partial charge in [-0.25, -0.2) is 0 Å². The number of carbonyl (C=O) groups excluding carboxylic acids is 1. The molecule has 1 heterocycles. The maximum absolute atomic E-state index is 12.5. The molecule has 25 heavy (non-hydrogen) atoms. The van der Waals surface area contributed by atoms with Crippen LogP contribution in [0.4, 0.5) is 5.69 Å². The molecule has 0 saturated heterocycles. The molecule has 7 heteroatoms. The summed E-state index contributed by atoms with van der Waals surface area (Å²) in [7, 11) is 0. The average Bonchev–Trinajstić information content (AvgIpc) is 2.57. The maximum atomic E-state index is 12.5. The standard InChI is InChI=1S/C18H18Br2N2O2.ClH/c1-2-24-17-4-3-11(8-16(17)20)18(23)22-13-7-12-10-21-6-5-14(12)15(19)9-13;/h3-4,7-9,21H,2,5-6,10H2,1H3,(H,22,23);1H. The van der Waals surface area contributed by atoms with E-state index in [4.69, 9.17) is 4.74 Å². The van der Waals surface area contributed by atoms with E-state index in [0.717, 1.165) is 39.9 Å². The fourth-order valence-corrected chi connectivity index (χ4v) is 3.95. The fraction of sp³-hybridized carbons (Fsp3) is 0.278. The van der Waals surface area contributed by atoms with E-state index in [2.05, 4.69) is 42.5 Å². The number of rotatable bonds is 4. The monoisotopic (exact) mass is 488 g/mol. The van der Waals surface area contributed by atoms with E-state index >= 15 is 0 Å². The van der Waals surface area contributed by atoms with Gasteiger partial charge in [0.05, 0.1) is 11.1 Å². The maximum Gasteiger partial charge on any atom is 0.255 e. The molecule has 0 fully saturated rings. The van der Waals surface area contributed by atoms with Gasteiger partial charge in [0.1, 0.15) is 5.75 Å². The lowest BCUT2D eigenvalue weighted by Crippen LogP contribution is -2.24. The van der Waals surface area contributed by atoms with Crippen molar-refractivity contribution < 1.29 is 9.53 Å². The molecule has 1 amide bonds. The van der Waals surface area contributed by atoms with Crippen molar-refractivity contribution in [3.63, 3.8) is 0 Å². The zero-order valence-corrected chi connectivity index (χ0v) is 17.7. The molecule has 0 atom stereocenters. The minimum Gasteiger partial charge on any atom is -0.493 e. The molecule has 4 nitrogen and oxygen atoms in total.